The molecule has 0 saturated carbocycles. The molecule has 0 aliphatic carbocycles. The molecule has 0 aliphatic rings. The van der Waals surface area contributed by atoms with Crippen LogP contribution in [0.25, 0.3) is 0 Å². The molecule has 0 radical (unpaired) electrons. The molecule has 0 aromatic rings. The van der Waals surface area contributed by atoms with E-state index >= 15 is 0 Å². The summed E-state index contributed by atoms with van der Waals surface area (Å²) in [5.41, 5.74) is -0.595. The van der Waals surface area contributed by atoms with Crippen LogP contribution in [0.4, 0.5) is 0 Å². The van der Waals surface area contributed by atoms with Gasteiger partial charge in [0, 0.05) is 37.1 Å². The first-order valence-corrected chi connectivity index (χ1v) is 16.6. The molecule has 3 N–H and O–H groups in total. The third kappa shape index (κ3) is 25.6. The number of allylic oxidation sites excluding steroid dienone is 10. The summed E-state index contributed by atoms with van der Waals surface area (Å²) in [7, 11) is 0. The van der Waals surface area contributed by atoms with Crippen molar-refractivity contribution in [2.45, 2.75) is 112 Å². The highest BCUT2D eigenvalue weighted by Crippen LogP contribution is 2.35. The van der Waals surface area contributed by atoms with E-state index < -0.39 is 17.4 Å². The summed E-state index contributed by atoms with van der Waals surface area (Å²) in [6.45, 7) is 12.6. The van der Waals surface area contributed by atoms with Crippen LogP contribution in [0, 0.1) is 10.8 Å². The van der Waals surface area contributed by atoms with Crippen molar-refractivity contribution in [1.82, 2.24) is 10.6 Å². The van der Waals surface area contributed by atoms with Crippen LogP contribution in [0.1, 0.15) is 106 Å². The van der Waals surface area contributed by atoms with Crippen molar-refractivity contribution in [2.75, 3.05) is 18.8 Å². The Bertz CT molecular complexity index is 929. The summed E-state index contributed by atoms with van der Waals surface area (Å²) in [5, 5.41) is 15.8. The molecule has 0 heterocycles. The number of carbonyl (C=O) groups is 3. The quantitative estimate of drug-likeness (QED) is 0.0621. The number of rotatable bonds is 23. The summed E-state index contributed by atoms with van der Waals surface area (Å²) in [5.74, 6) is -0.504. The minimum atomic E-state index is -1.15. The number of carbonyl (C=O) groups excluding carboxylic acids is 3. The van der Waals surface area contributed by atoms with E-state index in [4.69, 9.17) is 4.18 Å². The number of amides is 2. The highest BCUT2D eigenvalue weighted by Gasteiger charge is 2.36. The average Bonchev–Trinajstić information content (AvgIpc) is 2.92. The number of unbranched alkanes of at least 4 members (excludes halogenated alkanes) is 1. The normalized spacial score (nSPS) is 13.6. The maximum atomic E-state index is 12.3. The van der Waals surface area contributed by atoms with Crippen molar-refractivity contribution in [3.8, 4) is 0 Å². The van der Waals surface area contributed by atoms with Gasteiger partial charge in [0.15, 0.2) is 0 Å². The lowest BCUT2D eigenvalue weighted by Gasteiger charge is -2.35. The summed E-state index contributed by atoms with van der Waals surface area (Å²) in [6, 6.07) is 0. The third-order valence-corrected chi connectivity index (χ3v) is 6.87. The van der Waals surface area contributed by atoms with Gasteiger partial charge in [0.25, 0.3) is 0 Å². The van der Waals surface area contributed by atoms with Crippen molar-refractivity contribution in [2.24, 2.45) is 10.8 Å². The molecule has 0 fully saturated rings. The lowest BCUT2D eigenvalue weighted by molar-refractivity contribution is -0.136. The topological polar surface area (TPSA) is 105 Å². The van der Waals surface area contributed by atoms with Crippen LogP contribution in [0.2, 0.25) is 0 Å². The fraction of sp³-hybridized carbons (Fsp3) is 0.629. The van der Waals surface area contributed by atoms with Crippen molar-refractivity contribution >= 4 is 29.8 Å². The second kappa shape index (κ2) is 24.8. The molecule has 0 saturated heterocycles. The lowest BCUT2D eigenvalue weighted by Crippen LogP contribution is -2.46. The largest absolute Gasteiger partial charge is 0.391 e. The van der Waals surface area contributed by atoms with E-state index in [1.807, 2.05) is 13.8 Å². The minimum Gasteiger partial charge on any atom is -0.391 e. The second-order valence-electron chi connectivity index (χ2n) is 12.4. The molecule has 8 heteroatoms. The minimum absolute atomic E-state index is 0.0200. The van der Waals surface area contributed by atoms with Gasteiger partial charge in [-0.2, -0.15) is 0 Å². The van der Waals surface area contributed by atoms with Gasteiger partial charge in [0.1, 0.15) is 6.10 Å². The number of aliphatic hydroxyl groups is 1. The average molecular weight is 619 g/mol. The first-order valence-electron chi connectivity index (χ1n) is 15.7. The fourth-order valence-electron chi connectivity index (χ4n) is 4.42. The third-order valence-electron chi connectivity index (χ3n) is 6.19. The molecule has 244 valence electrons. The van der Waals surface area contributed by atoms with Gasteiger partial charge in [0.05, 0.1) is 12.0 Å². The molecule has 0 aromatic carbocycles. The smallest absolute Gasteiger partial charge is 0.317 e. The van der Waals surface area contributed by atoms with Gasteiger partial charge >= 0.3 is 5.97 Å². The Hall–Kier alpha value is -2.58. The van der Waals surface area contributed by atoms with Crippen LogP contribution in [-0.4, -0.2) is 47.8 Å². The molecule has 0 aliphatic heterocycles. The lowest BCUT2D eigenvalue weighted by atomic mass is 9.73. The van der Waals surface area contributed by atoms with Gasteiger partial charge in [0.2, 0.25) is 11.8 Å². The summed E-state index contributed by atoms with van der Waals surface area (Å²) in [6.07, 6.45) is 28.0. The van der Waals surface area contributed by atoms with Crippen LogP contribution >= 0.6 is 12.0 Å². The van der Waals surface area contributed by atoms with Gasteiger partial charge in [-0.25, -0.2) is 0 Å². The van der Waals surface area contributed by atoms with Crippen molar-refractivity contribution in [1.29, 1.82) is 0 Å². The van der Waals surface area contributed by atoms with Crippen LogP contribution < -0.4 is 10.6 Å². The molecule has 0 aromatic heterocycles. The Balaban J connectivity index is 3.78. The monoisotopic (exact) mass is 618 g/mol. The van der Waals surface area contributed by atoms with Crippen molar-refractivity contribution in [3.63, 3.8) is 0 Å². The van der Waals surface area contributed by atoms with Crippen LogP contribution in [0.15, 0.2) is 60.8 Å². The Morgan fingerprint density at radius 2 is 1.30 bits per heavy atom. The zero-order valence-electron chi connectivity index (χ0n) is 27.5. The van der Waals surface area contributed by atoms with Gasteiger partial charge in [-0.3, -0.25) is 14.4 Å². The molecular weight excluding hydrogens is 560 g/mol. The van der Waals surface area contributed by atoms with E-state index in [0.717, 1.165) is 57.0 Å². The Morgan fingerprint density at radius 3 is 1.84 bits per heavy atom. The van der Waals surface area contributed by atoms with Crippen molar-refractivity contribution in [3.05, 3.63) is 60.8 Å². The van der Waals surface area contributed by atoms with Crippen molar-refractivity contribution < 1.29 is 23.7 Å². The predicted octanol–water partition coefficient (Wildman–Crippen LogP) is 7.55. The standard InChI is InChI=1S/C35H58N2O5S/c1-7-8-9-10-11-12-13-14-15-16-17-18-19-20-21-22-23-24-31(39)42-43-28-27-36-30(38)25-26-37-33(41)32(40)35(5,6)29-34(2,3)4/h8-9,11-12,14-15,17-18,20-21,32,40H,7,10,13,16,19,22-29H2,1-6H3,(H,36,38)(H,37,41)/b9-8-,12-11-,15-14-,18-17-,21-20-/t32-/m0/s1. The zero-order valence-corrected chi connectivity index (χ0v) is 28.3. The van der Waals surface area contributed by atoms with E-state index in [1.165, 1.54) is 0 Å². The Kier molecular flexibility index (Phi) is 23.3. The van der Waals surface area contributed by atoms with Gasteiger partial charge in [-0.05, 0) is 56.8 Å². The van der Waals surface area contributed by atoms with Gasteiger partial charge in [-0.15, -0.1) is 0 Å². The van der Waals surface area contributed by atoms with Crippen LogP contribution in [0.3, 0.4) is 0 Å². The van der Waals surface area contributed by atoms with Gasteiger partial charge in [-0.1, -0.05) is 102 Å². The summed E-state index contributed by atoms with van der Waals surface area (Å²) in [4.78, 5) is 36.2. The first kappa shape index (κ1) is 40.4. The highest BCUT2D eigenvalue weighted by molar-refractivity contribution is 7.95. The highest BCUT2D eigenvalue weighted by atomic mass is 32.2. The van der Waals surface area contributed by atoms with E-state index in [0.29, 0.717) is 25.1 Å². The SMILES string of the molecule is CC/C=C\C/C=C\C/C=C\C/C=C\C/C=C\CCCC(=O)OSCCNC(=O)CCNC(=O)[C@H](O)C(C)(C)CC(C)(C)C. The maximum Gasteiger partial charge on any atom is 0.317 e. The fourth-order valence-corrected chi connectivity index (χ4v) is 4.90. The molecule has 43 heavy (non-hydrogen) atoms. The summed E-state index contributed by atoms with van der Waals surface area (Å²) < 4.78 is 5.15. The molecule has 1 atom stereocenters. The maximum absolute atomic E-state index is 12.3. The number of aliphatic hydroxyl groups excluding tert-OH is 1. The number of hydrogen-bond acceptors (Lipinski definition) is 6. The summed E-state index contributed by atoms with van der Waals surface area (Å²) >= 11 is 1.03. The number of hydrogen-bond donors (Lipinski definition) is 3. The van der Waals surface area contributed by atoms with Gasteiger partial charge < -0.3 is 19.9 Å². The Labute approximate surface area is 266 Å². The predicted molar refractivity (Wildman–Crippen MR) is 181 cm³/mol. The first-order chi connectivity index (χ1) is 20.4. The molecule has 0 unspecified atom stereocenters. The molecule has 0 bridgehead atoms. The van der Waals surface area contributed by atoms with E-state index in [9.17, 15) is 19.5 Å². The molecule has 0 rings (SSSR count). The van der Waals surface area contributed by atoms with E-state index in [-0.39, 0.29) is 30.3 Å². The Morgan fingerprint density at radius 1 is 0.767 bits per heavy atom. The number of nitrogens with one attached hydrogen (secondary N) is 2. The molecular formula is C35H58N2O5S. The van der Waals surface area contributed by atoms with Crippen LogP contribution in [0.5, 0.6) is 0 Å². The zero-order chi connectivity index (χ0) is 32.4. The van der Waals surface area contributed by atoms with E-state index in [2.05, 4.69) is 99.1 Å². The van der Waals surface area contributed by atoms with E-state index in [1.54, 1.807) is 0 Å². The molecule has 2 amide bonds. The molecule has 0 spiro atoms. The van der Waals surface area contributed by atoms with Crippen LogP contribution in [-0.2, 0) is 18.6 Å². The molecule has 7 nitrogen and oxygen atoms in total. The second-order valence-corrected chi connectivity index (χ2v) is 13.2.